The molecule has 2 aromatic rings. The zero-order valence-electron chi connectivity index (χ0n) is 18.9. The second-order valence-electron chi connectivity index (χ2n) is 8.49. The summed E-state index contributed by atoms with van der Waals surface area (Å²) in [4.78, 5) is 24.0. The van der Waals surface area contributed by atoms with Crippen molar-refractivity contribution in [2.75, 3.05) is 0 Å². The van der Waals surface area contributed by atoms with Crippen molar-refractivity contribution in [2.45, 2.75) is 64.9 Å². The number of ketones is 1. The van der Waals surface area contributed by atoms with E-state index in [1.807, 2.05) is 37.3 Å². The van der Waals surface area contributed by atoms with Gasteiger partial charge in [-0.2, -0.15) is 0 Å². The second-order valence-corrected chi connectivity index (χ2v) is 8.49. The number of H-pyrrole nitrogens is 1. The molecule has 0 amide bonds. The second kappa shape index (κ2) is 12.1. The highest BCUT2D eigenvalue weighted by Gasteiger charge is 2.36. The van der Waals surface area contributed by atoms with Gasteiger partial charge >= 0.3 is 5.97 Å². The van der Waals surface area contributed by atoms with E-state index < -0.39 is 0 Å². The molecule has 3 atom stereocenters. The largest absolute Gasteiger partial charge is 0.462 e. The number of aromatic amines is 1. The molecule has 1 heterocycles. The molecule has 1 fully saturated rings. The number of carbonyl (C=O) groups excluding carboxylic acids is 2. The summed E-state index contributed by atoms with van der Waals surface area (Å²) in [5, 5.41) is 13.8. The van der Waals surface area contributed by atoms with Crippen molar-refractivity contribution >= 4 is 11.8 Å². The number of nitrogens with one attached hydrogen (secondary N) is 1. The average molecular weight is 437 g/mol. The van der Waals surface area contributed by atoms with E-state index in [2.05, 4.69) is 32.8 Å². The Morgan fingerprint density at radius 1 is 1.25 bits per heavy atom. The Labute approximate surface area is 189 Å². The topological polar surface area (TPSA) is 97.8 Å². The Bertz CT molecular complexity index is 936. The third kappa shape index (κ3) is 7.55. The van der Waals surface area contributed by atoms with Crippen LogP contribution in [0.3, 0.4) is 0 Å². The minimum atomic E-state index is -0.246. The van der Waals surface area contributed by atoms with Crippen molar-refractivity contribution in [1.82, 2.24) is 20.6 Å². The van der Waals surface area contributed by atoms with Gasteiger partial charge in [0.2, 0.25) is 0 Å². The number of ether oxygens (including phenoxy) is 1. The van der Waals surface area contributed by atoms with E-state index in [4.69, 9.17) is 4.74 Å². The number of tetrazole rings is 1. The average Bonchev–Trinajstić information content (AvgIpc) is 3.39. The van der Waals surface area contributed by atoms with E-state index in [1.165, 1.54) is 6.92 Å². The van der Waals surface area contributed by atoms with Gasteiger partial charge in [0.1, 0.15) is 11.9 Å². The molecule has 0 radical (unpaired) electrons. The van der Waals surface area contributed by atoms with Gasteiger partial charge in [0.05, 0.1) is 0 Å². The van der Waals surface area contributed by atoms with Gasteiger partial charge in [-0.05, 0) is 67.0 Å². The molecule has 7 heteroatoms. The number of esters is 1. The summed E-state index contributed by atoms with van der Waals surface area (Å²) in [5.41, 5.74) is 2.19. The number of carbonyl (C=O) groups is 2. The summed E-state index contributed by atoms with van der Waals surface area (Å²) in [6, 6.07) is 8.04. The fourth-order valence-electron chi connectivity index (χ4n) is 4.34. The van der Waals surface area contributed by atoms with E-state index in [9.17, 15) is 9.59 Å². The summed E-state index contributed by atoms with van der Waals surface area (Å²) >= 11 is 0. The summed E-state index contributed by atoms with van der Waals surface area (Å²) < 4.78 is 5.58. The van der Waals surface area contributed by atoms with Crippen molar-refractivity contribution in [3.8, 4) is 0 Å². The maximum atomic E-state index is 12.5. The molecule has 0 aliphatic heterocycles. The Balaban J connectivity index is 1.53. The Morgan fingerprint density at radius 2 is 2.12 bits per heavy atom. The van der Waals surface area contributed by atoms with Crippen molar-refractivity contribution in [2.24, 2.45) is 11.8 Å². The van der Waals surface area contributed by atoms with Crippen molar-refractivity contribution in [3.63, 3.8) is 0 Å². The summed E-state index contributed by atoms with van der Waals surface area (Å²) in [6.45, 7) is 3.49. The van der Waals surface area contributed by atoms with E-state index >= 15 is 0 Å². The third-order valence-electron chi connectivity index (χ3n) is 5.87. The molecule has 0 spiro atoms. The Hall–Kier alpha value is -3.09. The molecule has 1 aromatic heterocycles. The van der Waals surface area contributed by atoms with Crippen LogP contribution in [0.5, 0.6) is 0 Å². The minimum absolute atomic E-state index is 0.0982. The van der Waals surface area contributed by atoms with Gasteiger partial charge in [-0.1, -0.05) is 48.1 Å². The molecule has 1 saturated carbocycles. The van der Waals surface area contributed by atoms with Crippen LogP contribution in [0, 0.1) is 18.8 Å². The predicted molar refractivity (Wildman–Crippen MR) is 122 cm³/mol. The van der Waals surface area contributed by atoms with Gasteiger partial charge in [-0.15, -0.1) is 5.10 Å². The van der Waals surface area contributed by atoms with Gasteiger partial charge in [-0.3, -0.25) is 9.59 Å². The van der Waals surface area contributed by atoms with Crippen molar-refractivity contribution < 1.29 is 14.3 Å². The number of benzene rings is 1. The summed E-state index contributed by atoms with van der Waals surface area (Å²) in [7, 11) is 0. The normalized spacial score (nSPS) is 20.9. The molecule has 170 valence electrons. The quantitative estimate of drug-likeness (QED) is 0.246. The van der Waals surface area contributed by atoms with Crippen LogP contribution >= 0.6 is 0 Å². The highest BCUT2D eigenvalue weighted by molar-refractivity contribution is 5.91. The molecule has 1 N–H and O–H groups in total. The first kappa shape index (κ1) is 23.6. The van der Waals surface area contributed by atoms with E-state index in [0.717, 1.165) is 55.5 Å². The highest BCUT2D eigenvalue weighted by Crippen LogP contribution is 2.38. The summed E-state index contributed by atoms with van der Waals surface area (Å²) in [5.74, 6) is 1.07. The molecule has 3 rings (SSSR count). The monoisotopic (exact) mass is 436 g/mol. The van der Waals surface area contributed by atoms with E-state index in [-0.39, 0.29) is 29.7 Å². The third-order valence-corrected chi connectivity index (χ3v) is 5.87. The lowest BCUT2D eigenvalue weighted by molar-refractivity contribution is -0.148. The minimum Gasteiger partial charge on any atom is -0.462 e. The van der Waals surface area contributed by atoms with Gasteiger partial charge in [0.25, 0.3) is 0 Å². The number of aryl methyl sites for hydroxylation is 2. The van der Waals surface area contributed by atoms with Crippen LogP contribution < -0.4 is 0 Å². The Kier molecular flexibility index (Phi) is 8.90. The van der Waals surface area contributed by atoms with Crippen LogP contribution in [0.25, 0.3) is 0 Å². The zero-order valence-corrected chi connectivity index (χ0v) is 18.9. The molecule has 1 aliphatic carbocycles. The first-order valence-corrected chi connectivity index (χ1v) is 11.3. The van der Waals surface area contributed by atoms with Gasteiger partial charge in [-0.25, -0.2) is 5.10 Å². The fraction of sp³-hybridized carbons (Fsp3) is 0.480. The maximum Gasteiger partial charge on any atom is 0.302 e. The van der Waals surface area contributed by atoms with Gasteiger partial charge < -0.3 is 4.74 Å². The standard InChI is InChI=1S/C25H32N4O3/c1-18-8-7-9-20(16-18)17-22(31)14-12-21-13-15-24(32-19(2)30)23(21)10-5-3-4-6-11-25-26-28-29-27-25/h3,5,7-9,12,14,16,21,23-24H,4,6,10-11,13,15,17H2,1-2H3,(H,26,27,28,29)/b5-3-,14-12?/t21-,23+,24-/m0/s1. The van der Waals surface area contributed by atoms with Crippen LogP contribution in [0.4, 0.5) is 0 Å². The number of nitrogens with zero attached hydrogens (tertiary/aromatic N) is 3. The number of allylic oxidation sites excluding steroid dienone is 4. The van der Waals surface area contributed by atoms with Crippen LogP contribution in [0.15, 0.2) is 48.6 Å². The Morgan fingerprint density at radius 3 is 2.88 bits per heavy atom. The highest BCUT2D eigenvalue weighted by atomic mass is 16.5. The lowest BCUT2D eigenvalue weighted by atomic mass is 9.90. The van der Waals surface area contributed by atoms with Crippen LogP contribution in [0.2, 0.25) is 0 Å². The first-order valence-electron chi connectivity index (χ1n) is 11.3. The van der Waals surface area contributed by atoms with Crippen molar-refractivity contribution in [3.05, 3.63) is 65.5 Å². The fourth-order valence-corrected chi connectivity index (χ4v) is 4.34. The number of hydrogen-bond acceptors (Lipinski definition) is 6. The number of hydrogen-bond donors (Lipinski definition) is 1. The van der Waals surface area contributed by atoms with Gasteiger partial charge in [0.15, 0.2) is 5.78 Å². The smallest absolute Gasteiger partial charge is 0.302 e. The SMILES string of the molecule is CC(=O)O[C@H]1CC[C@H](C=CC(=O)Cc2cccc(C)c2)[C@H]1C/C=C\CCCc1nnn[nH]1. The van der Waals surface area contributed by atoms with Crippen LogP contribution in [0.1, 0.15) is 56.0 Å². The molecule has 0 unspecified atom stereocenters. The molecular formula is C25H32N4O3. The van der Waals surface area contributed by atoms with Crippen LogP contribution in [-0.4, -0.2) is 38.5 Å². The lowest BCUT2D eigenvalue weighted by Gasteiger charge is -2.21. The van der Waals surface area contributed by atoms with E-state index in [0.29, 0.717) is 6.42 Å². The van der Waals surface area contributed by atoms with Gasteiger partial charge in [0, 0.05) is 25.7 Å². The molecule has 7 nitrogen and oxygen atoms in total. The molecule has 32 heavy (non-hydrogen) atoms. The first-order chi connectivity index (χ1) is 15.5. The van der Waals surface area contributed by atoms with Crippen molar-refractivity contribution in [1.29, 1.82) is 0 Å². The van der Waals surface area contributed by atoms with E-state index in [1.54, 1.807) is 6.08 Å². The predicted octanol–water partition coefficient (Wildman–Crippen LogP) is 4.10. The molecule has 0 bridgehead atoms. The molecular weight excluding hydrogens is 404 g/mol. The number of aromatic nitrogens is 4. The number of unbranched alkanes of at least 4 members (excludes halogenated alkanes) is 1. The molecule has 1 aromatic carbocycles. The lowest BCUT2D eigenvalue weighted by Crippen LogP contribution is -2.23. The zero-order chi connectivity index (χ0) is 22.8. The van der Waals surface area contributed by atoms with Crippen LogP contribution in [-0.2, 0) is 27.2 Å². The molecule has 1 aliphatic rings. The molecule has 0 saturated heterocycles. The number of rotatable bonds is 11. The maximum absolute atomic E-state index is 12.5. The summed E-state index contributed by atoms with van der Waals surface area (Å²) in [6.07, 6.45) is 13.7.